The number of rotatable bonds is 3. The van der Waals surface area contributed by atoms with Gasteiger partial charge in [0.1, 0.15) is 0 Å². The van der Waals surface area contributed by atoms with E-state index >= 15 is 0 Å². The molecule has 108 valence electrons. The first-order valence-electron chi connectivity index (χ1n) is 6.82. The number of amides is 2. The molecular formula is C13H23N3O3. The highest BCUT2D eigenvalue weighted by molar-refractivity contribution is 5.88. The minimum absolute atomic E-state index is 0.0180. The van der Waals surface area contributed by atoms with Crippen molar-refractivity contribution in [1.82, 2.24) is 9.80 Å². The van der Waals surface area contributed by atoms with Crippen molar-refractivity contribution in [3.05, 3.63) is 0 Å². The quantitative estimate of drug-likeness (QED) is 0.744. The monoisotopic (exact) mass is 269 g/mol. The van der Waals surface area contributed by atoms with Crippen molar-refractivity contribution in [2.24, 2.45) is 11.1 Å². The Labute approximate surface area is 113 Å². The fourth-order valence-corrected chi connectivity index (χ4v) is 2.69. The van der Waals surface area contributed by atoms with Gasteiger partial charge in [0.15, 0.2) is 0 Å². The molecule has 2 N–H and O–H groups in total. The van der Waals surface area contributed by atoms with Crippen LogP contribution in [0.25, 0.3) is 0 Å². The average molecular weight is 269 g/mol. The molecule has 2 aliphatic heterocycles. The number of carbonyl (C=O) groups is 2. The molecule has 2 unspecified atom stereocenters. The van der Waals surface area contributed by atoms with Gasteiger partial charge in [-0.1, -0.05) is 0 Å². The number of nitrogens with two attached hydrogens (primary N) is 1. The molecule has 0 saturated carbocycles. The van der Waals surface area contributed by atoms with Crippen LogP contribution in [-0.4, -0.2) is 67.6 Å². The fraction of sp³-hybridized carbons (Fsp3) is 0.846. The maximum atomic E-state index is 12.4. The van der Waals surface area contributed by atoms with Crippen LogP contribution >= 0.6 is 0 Å². The molecule has 2 aliphatic rings. The van der Waals surface area contributed by atoms with Gasteiger partial charge in [-0.3, -0.25) is 9.59 Å². The Balaban J connectivity index is 1.93. The minimum atomic E-state index is -0.708. The van der Waals surface area contributed by atoms with Crippen LogP contribution in [0.2, 0.25) is 0 Å². The molecule has 0 radical (unpaired) electrons. The zero-order valence-electron chi connectivity index (χ0n) is 11.7. The van der Waals surface area contributed by atoms with Gasteiger partial charge >= 0.3 is 0 Å². The minimum Gasteiger partial charge on any atom is -0.379 e. The van der Waals surface area contributed by atoms with E-state index in [0.29, 0.717) is 13.2 Å². The highest BCUT2D eigenvalue weighted by Gasteiger charge is 2.46. The highest BCUT2D eigenvalue weighted by Crippen LogP contribution is 2.29. The summed E-state index contributed by atoms with van der Waals surface area (Å²) in [6.07, 6.45) is 2.11. The maximum absolute atomic E-state index is 12.4. The third kappa shape index (κ3) is 2.74. The van der Waals surface area contributed by atoms with Crippen LogP contribution in [0, 0.1) is 5.41 Å². The molecule has 6 heteroatoms. The van der Waals surface area contributed by atoms with Crippen LogP contribution < -0.4 is 5.73 Å². The lowest BCUT2D eigenvalue weighted by atomic mass is 9.84. The molecule has 2 heterocycles. The first-order chi connectivity index (χ1) is 8.95. The zero-order chi connectivity index (χ0) is 14.0. The Kier molecular flexibility index (Phi) is 4.10. The van der Waals surface area contributed by atoms with Crippen LogP contribution in [0.3, 0.4) is 0 Å². The molecule has 0 bridgehead atoms. The Bertz CT molecular complexity index is 368. The summed E-state index contributed by atoms with van der Waals surface area (Å²) in [6.45, 7) is 4.28. The summed E-state index contributed by atoms with van der Waals surface area (Å²) in [4.78, 5) is 27.8. The molecule has 6 nitrogen and oxygen atoms in total. The lowest BCUT2D eigenvalue weighted by Gasteiger charge is -2.31. The number of likely N-dealkylation sites (tertiary alicyclic amines) is 1. The Morgan fingerprint density at radius 3 is 2.58 bits per heavy atom. The number of carbonyl (C=O) groups excluding carboxylic acids is 2. The maximum Gasteiger partial charge on any atom is 0.242 e. The molecule has 2 atom stereocenters. The van der Waals surface area contributed by atoms with Gasteiger partial charge in [-0.2, -0.15) is 0 Å². The van der Waals surface area contributed by atoms with E-state index in [1.54, 1.807) is 7.05 Å². The number of likely N-dealkylation sites (N-methyl/N-ethyl adjacent to an activating group) is 1. The first-order valence-corrected chi connectivity index (χ1v) is 6.82. The van der Waals surface area contributed by atoms with Gasteiger partial charge in [0, 0.05) is 26.2 Å². The Morgan fingerprint density at radius 1 is 1.42 bits per heavy atom. The third-order valence-electron chi connectivity index (χ3n) is 4.18. The summed E-state index contributed by atoms with van der Waals surface area (Å²) >= 11 is 0. The standard InChI is InChI=1S/C13H23N3O3/c1-13(9-19-8-10(13)14)12(18)15(2)7-11(17)16-5-3-4-6-16/h10H,3-9,14H2,1-2H3. The second kappa shape index (κ2) is 5.46. The molecule has 2 fully saturated rings. The van der Waals surface area contributed by atoms with E-state index in [0.717, 1.165) is 25.9 Å². The van der Waals surface area contributed by atoms with Crippen molar-refractivity contribution in [1.29, 1.82) is 0 Å². The molecule has 2 rings (SSSR count). The Morgan fingerprint density at radius 2 is 2.05 bits per heavy atom. The second-order valence-corrected chi connectivity index (χ2v) is 5.79. The largest absolute Gasteiger partial charge is 0.379 e. The van der Waals surface area contributed by atoms with Gasteiger partial charge in [-0.25, -0.2) is 0 Å². The highest BCUT2D eigenvalue weighted by atomic mass is 16.5. The molecule has 0 spiro atoms. The second-order valence-electron chi connectivity index (χ2n) is 5.79. The SMILES string of the molecule is CN(CC(=O)N1CCCC1)C(=O)C1(C)COCC1N. The van der Waals surface area contributed by atoms with E-state index in [-0.39, 0.29) is 24.4 Å². The van der Waals surface area contributed by atoms with Gasteiger partial charge in [0.05, 0.1) is 25.2 Å². The number of nitrogens with zero attached hydrogens (tertiary/aromatic N) is 2. The average Bonchev–Trinajstić information content (AvgIpc) is 3.00. The predicted molar refractivity (Wildman–Crippen MR) is 70.4 cm³/mol. The third-order valence-corrected chi connectivity index (χ3v) is 4.18. The van der Waals surface area contributed by atoms with Crippen molar-refractivity contribution in [3.63, 3.8) is 0 Å². The predicted octanol–water partition coefficient (Wildman–Crippen LogP) is -0.569. The Hall–Kier alpha value is -1.14. The lowest BCUT2D eigenvalue weighted by molar-refractivity contribution is -0.145. The van der Waals surface area contributed by atoms with Crippen molar-refractivity contribution in [2.75, 3.05) is 39.9 Å². The normalized spacial score (nSPS) is 30.7. The summed E-state index contributed by atoms with van der Waals surface area (Å²) in [6, 6.07) is -0.302. The van der Waals surface area contributed by atoms with E-state index < -0.39 is 5.41 Å². The molecule has 0 aromatic rings. The lowest BCUT2D eigenvalue weighted by Crippen LogP contribution is -2.52. The van der Waals surface area contributed by atoms with E-state index in [4.69, 9.17) is 10.5 Å². The molecular weight excluding hydrogens is 246 g/mol. The molecule has 0 aromatic carbocycles. The van der Waals surface area contributed by atoms with Crippen LogP contribution in [0.5, 0.6) is 0 Å². The topological polar surface area (TPSA) is 75.9 Å². The molecule has 19 heavy (non-hydrogen) atoms. The van der Waals surface area contributed by atoms with Crippen LogP contribution in [-0.2, 0) is 14.3 Å². The van der Waals surface area contributed by atoms with Crippen molar-refractivity contribution >= 4 is 11.8 Å². The van der Waals surface area contributed by atoms with Crippen molar-refractivity contribution in [3.8, 4) is 0 Å². The summed E-state index contributed by atoms with van der Waals surface area (Å²) in [5.74, 6) is -0.0884. The van der Waals surface area contributed by atoms with Gasteiger partial charge in [0.25, 0.3) is 0 Å². The summed E-state index contributed by atoms with van der Waals surface area (Å²) in [5, 5.41) is 0. The number of hydrogen-bond acceptors (Lipinski definition) is 4. The van der Waals surface area contributed by atoms with E-state index in [1.165, 1.54) is 4.90 Å². The molecule has 2 saturated heterocycles. The van der Waals surface area contributed by atoms with Crippen LogP contribution in [0.4, 0.5) is 0 Å². The summed E-state index contributed by atoms with van der Waals surface area (Å²) in [5.41, 5.74) is 5.23. The van der Waals surface area contributed by atoms with Gasteiger partial charge in [0.2, 0.25) is 11.8 Å². The number of hydrogen-bond donors (Lipinski definition) is 1. The van der Waals surface area contributed by atoms with Crippen molar-refractivity contribution in [2.45, 2.75) is 25.8 Å². The van der Waals surface area contributed by atoms with E-state index in [1.807, 2.05) is 11.8 Å². The molecule has 0 aromatic heterocycles. The fourth-order valence-electron chi connectivity index (χ4n) is 2.69. The van der Waals surface area contributed by atoms with Gasteiger partial charge in [-0.05, 0) is 19.8 Å². The molecule has 0 aliphatic carbocycles. The van der Waals surface area contributed by atoms with E-state index in [9.17, 15) is 9.59 Å². The van der Waals surface area contributed by atoms with Crippen LogP contribution in [0.1, 0.15) is 19.8 Å². The number of ether oxygens (including phenoxy) is 1. The van der Waals surface area contributed by atoms with Gasteiger partial charge < -0.3 is 20.3 Å². The first kappa shape index (κ1) is 14.3. The summed E-state index contributed by atoms with van der Waals surface area (Å²) in [7, 11) is 1.66. The van der Waals surface area contributed by atoms with Crippen LogP contribution in [0.15, 0.2) is 0 Å². The summed E-state index contributed by atoms with van der Waals surface area (Å²) < 4.78 is 5.28. The molecule has 2 amide bonds. The zero-order valence-corrected chi connectivity index (χ0v) is 11.7. The van der Waals surface area contributed by atoms with E-state index in [2.05, 4.69) is 0 Å². The smallest absolute Gasteiger partial charge is 0.242 e. The van der Waals surface area contributed by atoms with Crippen molar-refractivity contribution < 1.29 is 14.3 Å². The van der Waals surface area contributed by atoms with Gasteiger partial charge in [-0.15, -0.1) is 0 Å².